The molecule has 0 radical (unpaired) electrons. The van der Waals surface area contributed by atoms with E-state index >= 15 is 0 Å². The number of rotatable bonds is 4. The Balaban J connectivity index is 1.46. The van der Waals surface area contributed by atoms with Crippen molar-refractivity contribution < 1.29 is 13.9 Å². The molecule has 1 N–H and O–H groups in total. The van der Waals surface area contributed by atoms with Crippen LogP contribution in [0.1, 0.15) is 18.4 Å². The summed E-state index contributed by atoms with van der Waals surface area (Å²) in [7, 11) is 0. The number of thioether (sulfide) groups is 1. The summed E-state index contributed by atoms with van der Waals surface area (Å²) in [4.78, 5) is 11.0. The topological polar surface area (TPSA) is 61.4 Å². The van der Waals surface area contributed by atoms with Crippen molar-refractivity contribution in [3.63, 3.8) is 0 Å². The Morgan fingerprint density at radius 1 is 1.46 bits per heavy atom. The number of fused-ring (bicyclic) bond motifs is 1. The van der Waals surface area contributed by atoms with Crippen LogP contribution in [0.4, 0.5) is 10.1 Å². The lowest BCUT2D eigenvalue weighted by atomic mass is 10.1. The second kappa shape index (κ2) is 5.98. The van der Waals surface area contributed by atoms with Gasteiger partial charge in [0, 0.05) is 19.5 Å². The van der Waals surface area contributed by atoms with Gasteiger partial charge in [0.15, 0.2) is 6.73 Å². The molecule has 4 rings (SSSR count). The van der Waals surface area contributed by atoms with Gasteiger partial charge < -0.3 is 19.9 Å². The maximum Gasteiger partial charge on any atom is 0.216 e. The van der Waals surface area contributed by atoms with Crippen molar-refractivity contribution in [2.45, 2.75) is 18.9 Å². The average molecular weight is 352 g/mol. The largest absolute Gasteiger partial charge is 0.626 e. The molecule has 24 heavy (non-hydrogen) atoms. The van der Waals surface area contributed by atoms with E-state index in [0.29, 0.717) is 30.0 Å². The van der Waals surface area contributed by atoms with Crippen molar-refractivity contribution in [1.29, 1.82) is 0 Å². The van der Waals surface area contributed by atoms with Crippen molar-refractivity contribution in [1.82, 2.24) is 9.96 Å². The van der Waals surface area contributed by atoms with Crippen LogP contribution in [0.15, 0.2) is 18.2 Å². The van der Waals surface area contributed by atoms with E-state index in [1.54, 1.807) is 12.1 Å². The summed E-state index contributed by atoms with van der Waals surface area (Å²) in [6, 6.07) is 4.92. The quantitative estimate of drug-likeness (QED) is 0.667. The normalized spacial score (nSPS) is 37.3. The number of nitrogens with zero attached hydrogens (tertiary/aromatic N) is 1. The molecule has 1 saturated carbocycles. The van der Waals surface area contributed by atoms with Gasteiger partial charge in [-0.3, -0.25) is 4.79 Å². The molecule has 1 aliphatic carbocycles. The smallest absolute Gasteiger partial charge is 0.216 e. The van der Waals surface area contributed by atoms with E-state index in [9.17, 15) is 14.4 Å². The van der Waals surface area contributed by atoms with Crippen LogP contribution in [0.5, 0.6) is 0 Å². The molecule has 2 saturated heterocycles. The molecule has 0 spiro atoms. The third-order valence-electron chi connectivity index (χ3n) is 5.36. The molecule has 2 heterocycles. The first-order valence-corrected chi connectivity index (χ1v) is 9.45. The summed E-state index contributed by atoms with van der Waals surface area (Å²) in [5.74, 6) is 3.38. The number of nitrogens with one attached hydrogen (secondary N) is 1. The lowest BCUT2D eigenvalue weighted by Gasteiger charge is -2.36. The number of quaternary nitrogens is 1. The molecule has 0 bridgehead atoms. The van der Waals surface area contributed by atoms with E-state index < -0.39 is 4.65 Å². The van der Waals surface area contributed by atoms with Crippen LogP contribution in [-0.2, 0) is 9.53 Å². The molecular formula is C17H21FN2O3S. The molecule has 130 valence electrons. The van der Waals surface area contributed by atoms with Gasteiger partial charge in [0.05, 0.1) is 0 Å². The number of amides is 1. The summed E-state index contributed by atoms with van der Waals surface area (Å²) in [6.45, 7) is 1.87. The third-order valence-corrected chi connectivity index (χ3v) is 6.60. The van der Waals surface area contributed by atoms with E-state index in [1.807, 2.05) is 11.8 Å². The number of ether oxygens (including phenoxy) is 1. The van der Waals surface area contributed by atoms with Crippen LogP contribution in [0, 0.1) is 22.9 Å². The number of halogens is 1. The first-order chi connectivity index (χ1) is 11.5. The number of benzene rings is 1. The molecule has 3 aliphatic rings. The molecule has 1 amide bonds. The monoisotopic (exact) mass is 352 g/mol. The van der Waals surface area contributed by atoms with Gasteiger partial charge in [-0.15, -0.1) is 0 Å². The predicted molar refractivity (Wildman–Crippen MR) is 91.9 cm³/mol. The number of hydroxylamine groups is 2. The molecule has 2 aliphatic heterocycles. The van der Waals surface area contributed by atoms with Crippen molar-refractivity contribution in [3.8, 4) is 0 Å². The number of carbonyl (C=O) groups excluding carboxylic acids is 1. The average Bonchev–Trinajstić information content (AvgIpc) is 2.89. The van der Waals surface area contributed by atoms with Crippen molar-refractivity contribution in [2.75, 3.05) is 31.3 Å². The van der Waals surface area contributed by atoms with Gasteiger partial charge in [0.2, 0.25) is 5.91 Å². The Morgan fingerprint density at radius 2 is 2.21 bits per heavy atom. The Labute approximate surface area is 144 Å². The Kier molecular flexibility index (Phi) is 4.07. The standard InChI is InChI=1S/C17H21FN2O3S/c1-10(21)19-5-12-6-20(22,9-23-12)11-2-3-13(16(18)4-11)17-14-7-24-8-15(14)17/h2-4,12,14-15,17H,5-9H2,1H3,(H,19,21)/t12-,14-,15+,17?,20?/m0/s1. The molecule has 0 aromatic heterocycles. The van der Waals surface area contributed by atoms with E-state index in [4.69, 9.17) is 4.74 Å². The van der Waals surface area contributed by atoms with Gasteiger partial charge in [-0.2, -0.15) is 11.8 Å². The minimum atomic E-state index is -0.700. The summed E-state index contributed by atoms with van der Waals surface area (Å²) in [6.07, 6.45) is -0.339. The first kappa shape index (κ1) is 16.3. The van der Waals surface area contributed by atoms with E-state index in [1.165, 1.54) is 13.0 Å². The lowest BCUT2D eigenvalue weighted by molar-refractivity contribution is -0.119. The number of hydrogen-bond donors (Lipinski definition) is 1. The minimum Gasteiger partial charge on any atom is -0.626 e. The molecule has 5 atom stereocenters. The van der Waals surface area contributed by atoms with Crippen LogP contribution in [0.3, 0.4) is 0 Å². The van der Waals surface area contributed by atoms with Gasteiger partial charge in [-0.05, 0) is 47.0 Å². The molecule has 1 aromatic rings. The van der Waals surface area contributed by atoms with Gasteiger partial charge in [-0.1, -0.05) is 0 Å². The van der Waals surface area contributed by atoms with Crippen LogP contribution in [-0.4, -0.2) is 43.3 Å². The SMILES string of the molecule is CC(=O)NC[C@H]1C[N+]([O-])(c2ccc(C3[C@H]4CSC[C@@H]34)c(F)c2)CO1. The fourth-order valence-electron chi connectivity index (χ4n) is 3.96. The zero-order chi connectivity index (χ0) is 16.9. The minimum absolute atomic E-state index is 0.0473. The molecule has 2 unspecified atom stereocenters. The zero-order valence-corrected chi connectivity index (χ0v) is 14.4. The highest BCUT2D eigenvalue weighted by Crippen LogP contribution is 2.61. The maximum atomic E-state index is 14.6. The molecular weight excluding hydrogens is 331 g/mol. The zero-order valence-electron chi connectivity index (χ0n) is 13.5. The summed E-state index contributed by atoms with van der Waals surface area (Å²) >= 11 is 1.94. The second-order valence-electron chi connectivity index (χ2n) is 7.02. The highest BCUT2D eigenvalue weighted by Gasteiger charge is 2.54. The fourth-order valence-corrected chi connectivity index (χ4v) is 5.55. The second-order valence-corrected chi connectivity index (χ2v) is 8.10. The third kappa shape index (κ3) is 2.83. The maximum absolute atomic E-state index is 14.6. The van der Waals surface area contributed by atoms with E-state index in [-0.39, 0.29) is 31.1 Å². The summed E-state index contributed by atoms with van der Waals surface area (Å²) in [5.41, 5.74) is 1.15. The van der Waals surface area contributed by atoms with Crippen molar-refractivity contribution in [2.24, 2.45) is 11.8 Å². The van der Waals surface area contributed by atoms with Crippen molar-refractivity contribution in [3.05, 3.63) is 34.8 Å². The highest BCUT2D eigenvalue weighted by molar-refractivity contribution is 7.99. The highest BCUT2D eigenvalue weighted by atomic mass is 32.2. The van der Waals surface area contributed by atoms with Crippen LogP contribution in [0.2, 0.25) is 0 Å². The molecule has 1 aromatic carbocycles. The molecule has 3 fully saturated rings. The Hall–Kier alpha value is -1.15. The van der Waals surface area contributed by atoms with Crippen LogP contribution in [0.25, 0.3) is 0 Å². The van der Waals surface area contributed by atoms with Gasteiger partial charge in [-0.25, -0.2) is 4.39 Å². The Morgan fingerprint density at radius 3 is 2.88 bits per heavy atom. The van der Waals surface area contributed by atoms with Gasteiger partial charge in [0.25, 0.3) is 0 Å². The number of hydrogen-bond acceptors (Lipinski definition) is 4. The van der Waals surface area contributed by atoms with E-state index in [2.05, 4.69) is 5.32 Å². The summed E-state index contributed by atoms with van der Waals surface area (Å²) in [5, 5.41) is 15.6. The predicted octanol–water partition coefficient (Wildman–Crippen LogP) is 2.20. The molecule has 7 heteroatoms. The number of carbonyl (C=O) groups is 1. The fraction of sp³-hybridized carbons (Fsp3) is 0.588. The molecule has 5 nitrogen and oxygen atoms in total. The van der Waals surface area contributed by atoms with E-state index in [0.717, 1.165) is 17.1 Å². The van der Waals surface area contributed by atoms with Crippen LogP contribution >= 0.6 is 11.8 Å². The van der Waals surface area contributed by atoms with Crippen LogP contribution < -0.4 is 9.96 Å². The van der Waals surface area contributed by atoms with Crippen molar-refractivity contribution >= 4 is 23.4 Å². The Bertz CT molecular complexity index is 663. The van der Waals surface area contributed by atoms with Gasteiger partial charge >= 0.3 is 0 Å². The van der Waals surface area contributed by atoms with Gasteiger partial charge in [0.1, 0.15) is 24.2 Å². The lowest BCUT2D eigenvalue weighted by Crippen LogP contribution is -2.43. The first-order valence-electron chi connectivity index (χ1n) is 8.30. The summed E-state index contributed by atoms with van der Waals surface area (Å²) < 4.78 is 19.4.